The molecule has 0 amide bonds. The highest BCUT2D eigenvalue weighted by molar-refractivity contribution is 7.15. The number of hydrogen-bond acceptors (Lipinski definition) is 3. The first-order valence-corrected chi connectivity index (χ1v) is 5.94. The normalized spacial score (nSPS) is 12.7. The molecular formula is C12H13FN2S. The van der Waals surface area contributed by atoms with Crippen molar-refractivity contribution >= 4 is 11.3 Å². The van der Waals surface area contributed by atoms with Crippen LogP contribution in [0.25, 0.3) is 10.6 Å². The Hall–Kier alpha value is -1.26. The predicted octanol–water partition coefficient (Wildman–Crippen LogP) is 3.01. The molecule has 16 heavy (non-hydrogen) atoms. The zero-order valence-corrected chi connectivity index (χ0v) is 9.80. The Morgan fingerprint density at radius 1 is 1.50 bits per heavy atom. The van der Waals surface area contributed by atoms with Crippen LogP contribution in [0.5, 0.6) is 0 Å². The third kappa shape index (κ3) is 2.28. The number of benzene rings is 1. The lowest BCUT2D eigenvalue weighted by Gasteiger charge is -2.02. The molecule has 0 saturated heterocycles. The summed E-state index contributed by atoms with van der Waals surface area (Å²) < 4.78 is 13.0. The van der Waals surface area contributed by atoms with Crippen molar-refractivity contribution in [3.05, 3.63) is 41.2 Å². The van der Waals surface area contributed by atoms with Gasteiger partial charge in [0.05, 0.1) is 0 Å². The highest BCUT2D eigenvalue weighted by Crippen LogP contribution is 2.29. The van der Waals surface area contributed by atoms with Gasteiger partial charge in [-0.25, -0.2) is 9.37 Å². The smallest absolute Gasteiger partial charge is 0.123 e. The zero-order valence-electron chi connectivity index (χ0n) is 8.98. The molecule has 0 bridgehead atoms. The monoisotopic (exact) mass is 236 g/mol. The van der Waals surface area contributed by atoms with Gasteiger partial charge in [-0.3, -0.25) is 0 Å². The Labute approximate surface area is 97.9 Å². The summed E-state index contributed by atoms with van der Waals surface area (Å²) in [4.78, 5) is 5.43. The molecule has 2 aromatic rings. The van der Waals surface area contributed by atoms with Crippen LogP contribution in [-0.2, 0) is 0 Å². The summed E-state index contributed by atoms with van der Waals surface area (Å²) >= 11 is 1.57. The van der Waals surface area contributed by atoms with Crippen LogP contribution in [0.3, 0.4) is 0 Å². The maximum absolute atomic E-state index is 13.0. The van der Waals surface area contributed by atoms with Crippen molar-refractivity contribution in [2.45, 2.75) is 12.8 Å². The molecule has 0 aliphatic heterocycles. The molecular weight excluding hydrogens is 223 g/mol. The average molecular weight is 236 g/mol. The number of thiazole rings is 1. The molecule has 1 atom stereocenters. The molecule has 4 heteroatoms. The Balaban J connectivity index is 2.31. The third-order valence-corrected chi connectivity index (χ3v) is 3.71. The van der Waals surface area contributed by atoms with Gasteiger partial charge in [-0.1, -0.05) is 19.1 Å². The molecule has 0 spiro atoms. The van der Waals surface area contributed by atoms with E-state index in [2.05, 4.69) is 11.9 Å². The van der Waals surface area contributed by atoms with Crippen molar-refractivity contribution in [2.75, 3.05) is 6.54 Å². The SMILES string of the molecule is CC(CN)c1cnc(-c2cccc(F)c2)s1. The van der Waals surface area contributed by atoms with Crippen molar-refractivity contribution in [1.82, 2.24) is 4.98 Å². The minimum Gasteiger partial charge on any atom is -0.330 e. The molecule has 2 N–H and O–H groups in total. The Morgan fingerprint density at radius 3 is 3.00 bits per heavy atom. The van der Waals surface area contributed by atoms with Crippen LogP contribution in [0.1, 0.15) is 17.7 Å². The molecule has 1 aromatic carbocycles. The maximum atomic E-state index is 13.0. The van der Waals surface area contributed by atoms with Crippen molar-refractivity contribution in [3.63, 3.8) is 0 Å². The van der Waals surface area contributed by atoms with E-state index in [1.807, 2.05) is 12.3 Å². The topological polar surface area (TPSA) is 38.9 Å². The van der Waals surface area contributed by atoms with E-state index in [1.165, 1.54) is 12.1 Å². The molecule has 0 saturated carbocycles. The summed E-state index contributed by atoms with van der Waals surface area (Å²) in [5, 5.41) is 0.842. The Kier molecular flexibility index (Phi) is 3.31. The number of nitrogens with zero attached hydrogens (tertiary/aromatic N) is 1. The molecule has 0 radical (unpaired) electrons. The van der Waals surface area contributed by atoms with Gasteiger partial charge in [0.1, 0.15) is 10.8 Å². The highest BCUT2D eigenvalue weighted by Gasteiger charge is 2.09. The van der Waals surface area contributed by atoms with E-state index in [-0.39, 0.29) is 5.82 Å². The zero-order chi connectivity index (χ0) is 11.5. The van der Waals surface area contributed by atoms with Gasteiger partial charge in [-0.05, 0) is 18.7 Å². The third-order valence-electron chi connectivity index (χ3n) is 2.43. The maximum Gasteiger partial charge on any atom is 0.123 e. The van der Waals surface area contributed by atoms with Gasteiger partial charge in [0.2, 0.25) is 0 Å². The second-order valence-electron chi connectivity index (χ2n) is 3.71. The Bertz CT molecular complexity index is 481. The summed E-state index contributed by atoms with van der Waals surface area (Å²) in [7, 11) is 0. The molecule has 1 unspecified atom stereocenters. The van der Waals surface area contributed by atoms with Gasteiger partial charge in [0.25, 0.3) is 0 Å². The number of rotatable bonds is 3. The average Bonchev–Trinajstić information content (AvgIpc) is 2.77. The van der Waals surface area contributed by atoms with Crippen LogP contribution in [0, 0.1) is 5.82 Å². The standard InChI is InChI=1S/C12H13FN2S/c1-8(6-14)11-7-15-12(16-11)9-3-2-4-10(13)5-9/h2-5,7-8H,6,14H2,1H3. The predicted molar refractivity (Wildman–Crippen MR) is 65.0 cm³/mol. The lowest BCUT2D eigenvalue weighted by Crippen LogP contribution is -2.07. The summed E-state index contributed by atoms with van der Waals surface area (Å²) in [6.07, 6.45) is 1.82. The fourth-order valence-electron chi connectivity index (χ4n) is 1.39. The lowest BCUT2D eigenvalue weighted by molar-refractivity contribution is 0.628. The highest BCUT2D eigenvalue weighted by atomic mass is 32.1. The van der Waals surface area contributed by atoms with Crippen molar-refractivity contribution in [1.29, 1.82) is 0 Å². The van der Waals surface area contributed by atoms with Gasteiger partial charge >= 0.3 is 0 Å². The lowest BCUT2D eigenvalue weighted by atomic mass is 10.2. The first-order chi connectivity index (χ1) is 7.70. The number of halogens is 1. The van der Waals surface area contributed by atoms with Crippen LogP contribution in [0.4, 0.5) is 4.39 Å². The molecule has 1 aromatic heterocycles. The quantitative estimate of drug-likeness (QED) is 0.889. The van der Waals surface area contributed by atoms with Crippen LogP contribution in [0.15, 0.2) is 30.5 Å². The fraction of sp³-hybridized carbons (Fsp3) is 0.250. The van der Waals surface area contributed by atoms with E-state index in [1.54, 1.807) is 17.4 Å². The summed E-state index contributed by atoms with van der Waals surface area (Å²) in [6.45, 7) is 2.66. The van der Waals surface area contributed by atoms with Gasteiger partial charge < -0.3 is 5.73 Å². The van der Waals surface area contributed by atoms with E-state index < -0.39 is 0 Å². The van der Waals surface area contributed by atoms with E-state index in [0.717, 1.165) is 15.4 Å². The first-order valence-electron chi connectivity index (χ1n) is 5.12. The second kappa shape index (κ2) is 4.72. The van der Waals surface area contributed by atoms with Gasteiger partial charge in [0, 0.05) is 22.6 Å². The van der Waals surface area contributed by atoms with Gasteiger partial charge in [0.15, 0.2) is 0 Å². The summed E-state index contributed by atoms with van der Waals surface area (Å²) in [5.74, 6) is 0.0703. The molecule has 0 aliphatic carbocycles. The van der Waals surface area contributed by atoms with Crippen LogP contribution < -0.4 is 5.73 Å². The molecule has 0 aliphatic rings. The molecule has 1 heterocycles. The molecule has 2 nitrogen and oxygen atoms in total. The minimum absolute atomic E-state index is 0.235. The summed E-state index contributed by atoms with van der Waals surface area (Å²) in [5.41, 5.74) is 6.41. The fourth-order valence-corrected chi connectivity index (χ4v) is 2.36. The van der Waals surface area contributed by atoms with Gasteiger partial charge in [-0.2, -0.15) is 0 Å². The van der Waals surface area contributed by atoms with Crippen LogP contribution >= 0.6 is 11.3 Å². The molecule has 0 fully saturated rings. The van der Waals surface area contributed by atoms with E-state index >= 15 is 0 Å². The first kappa shape index (κ1) is 11.2. The minimum atomic E-state index is -0.235. The van der Waals surface area contributed by atoms with E-state index in [0.29, 0.717) is 12.5 Å². The molecule has 84 valence electrons. The second-order valence-corrected chi connectivity index (χ2v) is 4.78. The van der Waals surface area contributed by atoms with Crippen molar-refractivity contribution < 1.29 is 4.39 Å². The van der Waals surface area contributed by atoms with Crippen LogP contribution in [-0.4, -0.2) is 11.5 Å². The molecule has 2 rings (SSSR count). The number of aromatic nitrogens is 1. The van der Waals surface area contributed by atoms with Crippen molar-refractivity contribution in [2.24, 2.45) is 5.73 Å². The Morgan fingerprint density at radius 2 is 2.31 bits per heavy atom. The largest absolute Gasteiger partial charge is 0.330 e. The van der Waals surface area contributed by atoms with E-state index in [9.17, 15) is 4.39 Å². The number of hydrogen-bond donors (Lipinski definition) is 1. The van der Waals surface area contributed by atoms with Crippen LogP contribution in [0.2, 0.25) is 0 Å². The van der Waals surface area contributed by atoms with Crippen molar-refractivity contribution in [3.8, 4) is 10.6 Å². The number of nitrogens with two attached hydrogens (primary N) is 1. The van der Waals surface area contributed by atoms with Gasteiger partial charge in [-0.15, -0.1) is 11.3 Å². The summed E-state index contributed by atoms with van der Waals surface area (Å²) in [6, 6.07) is 6.48. The van der Waals surface area contributed by atoms with E-state index in [4.69, 9.17) is 5.73 Å².